The molecule has 1 saturated heterocycles. The molecule has 0 aliphatic carbocycles. The molecule has 2 aromatic carbocycles. The van der Waals surface area contributed by atoms with Gasteiger partial charge in [0.25, 0.3) is 0 Å². The van der Waals surface area contributed by atoms with E-state index in [9.17, 15) is 10.1 Å². The SMILES string of the molecule is N#CC1CCCN(C(=O)Cn2nc(-c3ccccc3)c3c(Cl)c(-c4ccccc4)nnc32)C1. The summed E-state index contributed by atoms with van der Waals surface area (Å²) in [6.07, 6.45) is 1.65. The summed E-state index contributed by atoms with van der Waals surface area (Å²) in [6, 6.07) is 21.6. The average Bonchev–Trinajstić information content (AvgIpc) is 3.24. The number of carbonyl (C=O) groups excluding carboxylic acids is 1. The molecule has 33 heavy (non-hydrogen) atoms. The Balaban J connectivity index is 1.59. The van der Waals surface area contributed by atoms with Gasteiger partial charge >= 0.3 is 0 Å². The highest BCUT2D eigenvalue weighted by Gasteiger charge is 2.26. The number of hydrogen-bond donors (Lipinski definition) is 0. The zero-order chi connectivity index (χ0) is 22.8. The minimum absolute atomic E-state index is 0.0111. The second kappa shape index (κ2) is 9.00. The minimum atomic E-state index is -0.125. The van der Waals surface area contributed by atoms with Gasteiger partial charge in [0, 0.05) is 24.2 Å². The van der Waals surface area contributed by atoms with Crippen LogP contribution in [0.3, 0.4) is 0 Å². The lowest BCUT2D eigenvalue weighted by Gasteiger charge is -2.29. The lowest BCUT2D eigenvalue weighted by Crippen LogP contribution is -2.41. The molecule has 4 aromatic rings. The second-order valence-corrected chi connectivity index (χ2v) is 8.49. The van der Waals surface area contributed by atoms with E-state index in [0.29, 0.717) is 40.5 Å². The summed E-state index contributed by atoms with van der Waals surface area (Å²) in [7, 11) is 0. The van der Waals surface area contributed by atoms with Gasteiger partial charge in [0.2, 0.25) is 5.91 Å². The van der Waals surface area contributed by atoms with E-state index in [1.54, 1.807) is 9.58 Å². The number of amides is 1. The van der Waals surface area contributed by atoms with Crippen molar-refractivity contribution in [2.45, 2.75) is 19.4 Å². The van der Waals surface area contributed by atoms with Crippen LogP contribution in [0.4, 0.5) is 0 Å². The first kappa shape index (κ1) is 21.1. The molecule has 7 nitrogen and oxygen atoms in total. The van der Waals surface area contributed by atoms with Crippen LogP contribution in [0.1, 0.15) is 12.8 Å². The molecule has 5 rings (SSSR count). The molecule has 3 heterocycles. The molecule has 1 aliphatic rings. The maximum atomic E-state index is 13.1. The van der Waals surface area contributed by atoms with Crippen molar-refractivity contribution in [1.82, 2.24) is 24.9 Å². The van der Waals surface area contributed by atoms with Crippen molar-refractivity contribution in [3.8, 4) is 28.6 Å². The highest BCUT2D eigenvalue weighted by atomic mass is 35.5. The Morgan fingerprint density at radius 3 is 2.36 bits per heavy atom. The molecule has 0 spiro atoms. The Labute approximate surface area is 196 Å². The van der Waals surface area contributed by atoms with Gasteiger partial charge in [-0.25, -0.2) is 4.68 Å². The molecule has 0 bridgehead atoms. The van der Waals surface area contributed by atoms with Gasteiger partial charge < -0.3 is 4.90 Å². The number of nitriles is 1. The van der Waals surface area contributed by atoms with Gasteiger partial charge in [-0.05, 0) is 12.8 Å². The van der Waals surface area contributed by atoms with Crippen LogP contribution in [0.5, 0.6) is 0 Å². The van der Waals surface area contributed by atoms with Crippen molar-refractivity contribution >= 4 is 28.5 Å². The molecule has 164 valence electrons. The Morgan fingerprint density at radius 2 is 1.70 bits per heavy atom. The molecular formula is C25H21ClN6O. The number of benzene rings is 2. The van der Waals surface area contributed by atoms with Crippen LogP contribution < -0.4 is 0 Å². The van der Waals surface area contributed by atoms with E-state index < -0.39 is 0 Å². The predicted molar refractivity (Wildman–Crippen MR) is 126 cm³/mol. The summed E-state index contributed by atoms with van der Waals surface area (Å²) < 4.78 is 1.57. The molecular weight excluding hydrogens is 436 g/mol. The summed E-state index contributed by atoms with van der Waals surface area (Å²) in [5, 5.41) is 23.9. The summed E-state index contributed by atoms with van der Waals surface area (Å²) >= 11 is 6.88. The largest absolute Gasteiger partial charge is 0.340 e. The molecule has 0 saturated carbocycles. The molecule has 1 aliphatic heterocycles. The number of nitrogens with zero attached hydrogens (tertiary/aromatic N) is 6. The highest BCUT2D eigenvalue weighted by molar-refractivity contribution is 6.38. The van der Waals surface area contributed by atoms with E-state index in [0.717, 1.165) is 24.0 Å². The third-order valence-electron chi connectivity index (χ3n) is 5.93. The van der Waals surface area contributed by atoms with Crippen LogP contribution in [0, 0.1) is 17.2 Å². The van der Waals surface area contributed by atoms with Crippen molar-refractivity contribution < 1.29 is 4.79 Å². The standard InChI is InChI=1S/C25H21ClN6O/c26-22-21-23(18-9-3-1-4-10-18)30-32(16-20(33)31-13-7-8-17(14-27)15-31)25(21)29-28-24(22)19-11-5-2-6-12-19/h1-6,9-12,17H,7-8,13,15-16H2. The van der Waals surface area contributed by atoms with Crippen LogP contribution in [0.25, 0.3) is 33.5 Å². The zero-order valence-electron chi connectivity index (χ0n) is 17.9. The molecule has 0 N–H and O–H groups in total. The molecule has 1 atom stereocenters. The van der Waals surface area contributed by atoms with E-state index in [-0.39, 0.29) is 18.4 Å². The summed E-state index contributed by atoms with van der Waals surface area (Å²) in [5.41, 5.74) is 3.42. The topological polar surface area (TPSA) is 87.7 Å². The van der Waals surface area contributed by atoms with E-state index in [1.165, 1.54) is 0 Å². The zero-order valence-corrected chi connectivity index (χ0v) is 18.6. The molecule has 0 radical (unpaired) electrons. The van der Waals surface area contributed by atoms with Crippen molar-refractivity contribution in [3.05, 3.63) is 65.7 Å². The number of likely N-dealkylation sites (tertiary alicyclic amines) is 1. The second-order valence-electron chi connectivity index (χ2n) is 8.11. The summed E-state index contributed by atoms with van der Waals surface area (Å²) in [4.78, 5) is 14.8. The van der Waals surface area contributed by atoms with Gasteiger partial charge in [0.15, 0.2) is 5.65 Å². The van der Waals surface area contributed by atoms with Gasteiger partial charge in [-0.1, -0.05) is 72.3 Å². The maximum absolute atomic E-state index is 13.1. The monoisotopic (exact) mass is 456 g/mol. The van der Waals surface area contributed by atoms with E-state index >= 15 is 0 Å². The van der Waals surface area contributed by atoms with E-state index in [1.807, 2.05) is 60.7 Å². The number of rotatable bonds is 4. The smallest absolute Gasteiger partial charge is 0.244 e. The van der Waals surface area contributed by atoms with Crippen LogP contribution in [0.2, 0.25) is 5.02 Å². The lowest BCUT2D eigenvalue weighted by molar-refractivity contribution is -0.133. The van der Waals surface area contributed by atoms with Crippen LogP contribution in [0.15, 0.2) is 60.7 Å². The first-order valence-corrected chi connectivity index (χ1v) is 11.2. The average molecular weight is 457 g/mol. The quantitative estimate of drug-likeness (QED) is 0.448. The van der Waals surface area contributed by atoms with Crippen molar-refractivity contribution in [3.63, 3.8) is 0 Å². The van der Waals surface area contributed by atoms with E-state index in [4.69, 9.17) is 16.7 Å². The highest BCUT2D eigenvalue weighted by Crippen LogP contribution is 2.37. The van der Waals surface area contributed by atoms with Gasteiger partial charge in [-0.3, -0.25) is 4.79 Å². The molecule has 2 aromatic heterocycles. The number of hydrogen-bond acceptors (Lipinski definition) is 5. The number of aromatic nitrogens is 4. The van der Waals surface area contributed by atoms with E-state index in [2.05, 4.69) is 16.3 Å². The third-order valence-corrected chi connectivity index (χ3v) is 6.30. The van der Waals surface area contributed by atoms with Gasteiger partial charge in [-0.15, -0.1) is 10.2 Å². The van der Waals surface area contributed by atoms with Crippen LogP contribution >= 0.6 is 11.6 Å². The third kappa shape index (κ3) is 4.06. The van der Waals surface area contributed by atoms with Crippen molar-refractivity contribution in [1.29, 1.82) is 5.26 Å². The fourth-order valence-electron chi connectivity index (χ4n) is 4.24. The van der Waals surface area contributed by atoms with Crippen molar-refractivity contribution in [2.24, 2.45) is 5.92 Å². The number of fused-ring (bicyclic) bond motifs is 1. The fraction of sp³-hybridized carbons (Fsp3) is 0.240. The molecule has 1 amide bonds. The Kier molecular flexibility index (Phi) is 5.76. The molecule has 8 heteroatoms. The molecule has 1 fully saturated rings. The minimum Gasteiger partial charge on any atom is -0.340 e. The molecule has 1 unspecified atom stereocenters. The Morgan fingerprint density at radius 1 is 1.03 bits per heavy atom. The number of halogens is 1. The maximum Gasteiger partial charge on any atom is 0.244 e. The lowest BCUT2D eigenvalue weighted by atomic mass is 10.00. The van der Waals surface area contributed by atoms with Gasteiger partial charge in [-0.2, -0.15) is 10.4 Å². The normalized spacial score (nSPS) is 16.0. The first-order valence-electron chi connectivity index (χ1n) is 10.9. The van der Waals surface area contributed by atoms with Crippen LogP contribution in [-0.4, -0.2) is 43.9 Å². The fourth-order valence-corrected chi connectivity index (χ4v) is 4.56. The first-order chi connectivity index (χ1) is 16.2. The van der Waals surface area contributed by atoms with Gasteiger partial charge in [0.05, 0.1) is 22.4 Å². The van der Waals surface area contributed by atoms with Crippen molar-refractivity contribution in [2.75, 3.05) is 13.1 Å². The van der Waals surface area contributed by atoms with Gasteiger partial charge in [0.1, 0.15) is 17.9 Å². The summed E-state index contributed by atoms with van der Waals surface area (Å²) in [5.74, 6) is -0.219. The predicted octanol–water partition coefficient (Wildman–Crippen LogP) is 4.58. The Hall–Kier alpha value is -3.76. The number of piperidine rings is 1. The van der Waals surface area contributed by atoms with Crippen LogP contribution in [-0.2, 0) is 11.3 Å². The number of carbonyl (C=O) groups is 1. The Bertz CT molecular complexity index is 1350. The summed E-state index contributed by atoms with van der Waals surface area (Å²) in [6.45, 7) is 1.11.